The molecular formula is C36H50O6. The van der Waals surface area contributed by atoms with E-state index >= 15 is 0 Å². The predicted octanol–water partition coefficient (Wildman–Crippen LogP) is 7.15. The van der Waals surface area contributed by atoms with Crippen LogP contribution in [0.15, 0.2) is 35.4 Å². The number of carbonyl (C=O) groups excluding carboxylic acids is 1. The number of ketones is 1. The standard InChI is InChI=1S/C36H50O6/c1-23(42-31-7-5-6-18-39-31)24-8-10-25(11-9-24)27-19-34(4)28(12-13-30(34)37)26-14-16-35(38)20-36(17-15-29(35)32(26)27)40-21-33(2,3)22-41-36/h8-11,23,26-28,31,38H,5-7,12-22H2,1-4H3/t23?,26-,27+,28-,31?,34-,35+/m0/s1. The van der Waals surface area contributed by atoms with Crippen molar-refractivity contribution in [2.24, 2.45) is 22.7 Å². The van der Waals surface area contributed by atoms with Crippen LogP contribution in [0.25, 0.3) is 0 Å². The van der Waals surface area contributed by atoms with Gasteiger partial charge in [-0.1, -0.05) is 50.6 Å². The number of rotatable bonds is 4. The van der Waals surface area contributed by atoms with Gasteiger partial charge in [-0.25, -0.2) is 0 Å². The Hall–Kier alpha value is -1.57. The molecule has 42 heavy (non-hydrogen) atoms. The Morgan fingerprint density at radius 2 is 1.74 bits per heavy atom. The summed E-state index contributed by atoms with van der Waals surface area (Å²) in [5.74, 6) is 0.594. The molecule has 6 aliphatic rings. The van der Waals surface area contributed by atoms with E-state index in [1.165, 1.54) is 16.7 Å². The minimum Gasteiger partial charge on any atom is -0.385 e. The number of aliphatic hydroxyl groups is 1. The van der Waals surface area contributed by atoms with Gasteiger partial charge in [0.15, 0.2) is 12.1 Å². The number of hydrogen-bond acceptors (Lipinski definition) is 6. The second-order valence-corrected chi connectivity index (χ2v) is 15.4. The maximum absolute atomic E-state index is 13.4. The molecule has 0 aromatic heterocycles. The van der Waals surface area contributed by atoms with Crippen LogP contribution in [0.1, 0.15) is 121 Å². The molecule has 230 valence electrons. The zero-order chi connectivity index (χ0) is 29.3. The fourth-order valence-electron chi connectivity index (χ4n) is 9.45. The summed E-state index contributed by atoms with van der Waals surface area (Å²) < 4.78 is 24.9. The lowest BCUT2D eigenvalue weighted by molar-refractivity contribution is -0.322. The summed E-state index contributed by atoms with van der Waals surface area (Å²) in [6.07, 6.45) is 9.26. The fraction of sp³-hybridized carbons (Fsp3) is 0.750. The minimum absolute atomic E-state index is 0.00364. The van der Waals surface area contributed by atoms with Crippen molar-refractivity contribution in [3.05, 3.63) is 46.5 Å². The van der Waals surface area contributed by atoms with E-state index in [9.17, 15) is 9.90 Å². The summed E-state index contributed by atoms with van der Waals surface area (Å²) in [6, 6.07) is 8.90. The number of carbonyl (C=O) groups is 1. The molecule has 2 heterocycles. The number of ether oxygens (including phenoxy) is 4. The first-order valence-corrected chi connectivity index (χ1v) is 16.6. The summed E-state index contributed by atoms with van der Waals surface area (Å²) in [4.78, 5) is 13.4. The number of Topliss-reactive ketones (excluding diaryl/α,β-unsaturated/α-hetero) is 1. The lowest BCUT2D eigenvalue weighted by atomic mass is 9.51. The van der Waals surface area contributed by atoms with Crippen LogP contribution in [0.5, 0.6) is 0 Å². The van der Waals surface area contributed by atoms with Gasteiger partial charge in [-0.2, -0.15) is 0 Å². The Morgan fingerprint density at radius 1 is 0.976 bits per heavy atom. The van der Waals surface area contributed by atoms with Gasteiger partial charge in [0, 0.05) is 42.6 Å². The van der Waals surface area contributed by atoms with Gasteiger partial charge in [-0.3, -0.25) is 4.79 Å². The average molecular weight is 579 g/mol. The molecule has 6 heteroatoms. The molecule has 1 spiro atoms. The molecule has 2 saturated heterocycles. The van der Waals surface area contributed by atoms with Crippen molar-refractivity contribution in [3.63, 3.8) is 0 Å². The molecule has 5 fully saturated rings. The summed E-state index contributed by atoms with van der Waals surface area (Å²) in [7, 11) is 0. The summed E-state index contributed by atoms with van der Waals surface area (Å²) >= 11 is 0. The highest BCUT2D eigenvalue weighted by Gasteiger charge is 2.60. The number of allylic oxidation sites excluding steroid dienone is 1. The van der Waals surface area contributed by atoms with Crippen LogP contribution in [0, 0.1) is 22.7 Å². The fourth-order valence-corrected chi connectivity index (χ4v) is 9.45. The number of fused-ring (bicyclic) bond motifs is 4. The summed E-state index contributed by atoms with van der Waals surface area (Å²) in [5, 5.41) is 12.4. The van der Waals surface area contributed by atoms with Crippen LogP contribution in [-0.4, -0.2) is 48.4 Å². The van der Waals surface area contributed by atoms with E-state index in [0.717, 1.165) is 70.0 Å². The minimum atomic E-state index is -0.914. The average Bonchev–Trinajstić information content (AvgIpc) is 3.28. The van der Waals surface area contributed by atoms with Gasteiger partial charge < -0.3 is 24.1 Å². The Balaban J connectivity index is 1.21. The van der Waals surface area contributed by atoms with Crippen LogP contribution in [0.4, 0.5) is 0 Å². The highest BCUT2D eigenvalue weighted by Crippen LogP contribution is 2.64. The van der Waals surface area contributed by atoms with E-state index in [0.29, 0.717) is 43.7 Å². The second kappa shape index (κ2) is 10.5. The Bertz CT molecular complexity index is 1220. The molecule has 2 aliphatic heterocycles. The van der Waals surface area contributed by atoms with Gasteiger partial charge in [0.05, 0.1) is 24.9 Å². The van der Waals surface area contributed by atoms with E-state index in [4.69, 9.17) is 18.9 Å². The Kier molecular flexibility index (Phi) is 7.30. The molecule has 3 saturated carbocycles. The van der Waals surface area contributed by atoms with Gasteiger partial charge in [0.2, 0.25) is 0 Å². The van der Waals surface area contributed by atoms with Crippen molar-refractivity contribution in [2.45, 2.75) is 128 Å². The van der Waals surface area contributed by atoms with Crippen LogP contribution in [0.3, 0.4) is 0 Å². The van der Waals surface area contributed by atoms with E-state index in [2.05, 4.69) is 52.0 Å². The lowest BCUT2D eigenvalue weighted by Crippen LogP contribution is -2.57. The molecular weight excluding hydrogens is 528 g/mol. The third-order valence-electron chi connectivity index (χ3n) is 11.9. The molecule has 1 aromatic carbocycles. The molecule has 1 N–H and O–H groups in total. The quantitative estimate of drug-likeness (QED) is 0.383. The van der Waals surface area contributed by atoms with Crippen molar-refractivity contribution >= 4 is 5.78 Å². The van der Waals surface area contributed by atoms with Crippen molar-refractivity contribution in [1.82, 2.24) is 0 Å². The molecule has 0 radical (unpaired) electrons. The normalized spacial score (nSPS) is 39.9. The molecule has 0 bridgehead atoms. The second-order valence-electron chi connectivity index (χ2n) is 15.4. The third-order valence-corrected chi connectivity index (χ3v) is 11.9. The maximum atomic E-state index is 13.4. The van der Waals surface area contributed by atoms with Gasteiger partial charge in [0.25, 0.3) is 0 Å². The molecule has 7 rings (SSSR count). The monoisotopic (exact) mass is 578 g/mol. The first-order valence-electron chi connectivity index (χ1n) is 16.6. The van der Waals surface area contributed by atoms with Gasteiger partial charge >= 0.3 is 0 Å². The van der Waals surface area contributed by atoms with Crippen molar-refractivity contribution in [2.75, 3.05) is 19.8 Å². The van der Waals surface area contributed by atoms with Crippen molar-refractivity contribution < 1.29 is 28.8 Å². The number of benzene rings is 1. The van der Waals surface area contributed by atoms with Crippen molar-refractivity contribution in [1.29, 1.82) is 0 Å². The first-order chi connectivity index (χ1) is 20.0. The van der Waals surface area contributed by atoms with Gasteiger partial charge in [-0.15, -0.1) is 0 Å². The van der Waals surface area contributed by atoms with Crippen LogP contribution < -0.4 is 0 Å². The highest BCUT2D eigenvalue weighted by molar-refractivity contribution is 5.87. The largest absolute Gasteiger partial charge is 0.385 e. The van der Waals surface area contributed by atoms with E-state index < -0.39 is 11.4 Å². The lowest BCUT2D eigenvalue weighted by Gasteiger charge is -2.56. The van der Waals surface area contributed by atoms with E-state index in [1.807, 2.05) is 0 Å². The molecule has 7 atom stereocenters. The molecule has 4 aliphatic carbocycles. The summed E-state index contributed by atoms with van der Waals surface area (Å²) in [5.41, 5.74) is 3.84. The first kappa shape index (κ1) is 29.2. The van der Waals surface area contributed by atoms with E-state index in [-0.39, 0.29) is 29.1 Å². The number of hydrogen-bond donors (Lipinski definition) is 1. The van der Waals surface area contributed by atoms with Crippen molar-refractivity contribution in [3.8, 4) is 0 Å². The van der Waals surface area contributed by atoms with Gasteiger partial charge in [-0.05, 0) is 86.8 Å². The SMILES string of the molecule is CC(OC1CCCCO1)c1ccc([C@H]2C[C@]3(C)C(=O)CC[C@H]3[C@@H]3CC[C@@]4(O)CC5(CCC4=C32)OCC(C)(C)CO5)cc1. The molecule has 2 unspecified atom stereocenters. The molecule has 0 amide bonds. The third kappa shape index (κ3) is 4.94. The summed E-state index contributed by atoms with van der Waals surface area (Å²) in [6.45, 7) is 10.8. The maximum Gasteiger partial charge on any atom is 0.171 e. The van der Waals surface area contributed by atoms with Gasteiger partial charge in [0.1, 0.15) is 5.78 Å². The smallest absolute Gasteiger partial charge is 0.171 e. The molecule has 6 nitrogen and oxygen atoms in total. The van der Waals surface area contributed by atoms with E-state index in [1.54, 1.807) is 0 Å². The van der Waals surface area contributed by atoms with Crippen LogP contribution >= 0.6 is 0 Å². The van der Waals surface area contributed by atoms with Crippen LogP contribution in [-0.2, 0) is 23.7 Å². The predicted molar refractivity (Wildman–Crippen MR) is 160 cm³/mol. The zero-order valence-electron chi connectivity index (χ0n) is 26.1. The highest BCUT2D eigenvalue weighted by atomic mass is 16.7. The Morgan fingerprint density at radius 3 is 2.45 bits per heavy atom. The topological polar surface area (TPSA) is 74.2 Å². The van der Waals surface area contributed by atoms with Crippen LogP contribution in [0.2, 0.25) is 0 Å². The Labute approximate surface area is 251 Å². The zero-order valence-corrected chi connectivity index (χ0v) is 26.1. The molecule has 1 aromatic rings.